The zero-order chi connectivity index (χ0) is 18.7. The average molecular weight is 396 g/mol. The maximum Gasteiger partial charge on any atom is 0.242 e. The molecule has 0 amide bonds. The summed E-state index contributed by atoms with van der Waals surface area (Å²) in [5.41, 5.74) is 1.01. The number of sulfonamides is 1. The first-order chi connectivity index (χ1) is 12.4. The quantitative estimate of drug-likeness (QED) is 0.449. The van der Waals surface area contributed by atoms with Gasteiger partial charge in [-0.25, -0.2) is 17.1 Å². The normalized spacial score (nSPS) is 12.0. The van der Waals surface area contributed by atoms with E-state index in [1.807, 2.05) is 0 Å². The molecule has 0 aliphatic heterocycles. The van der Waals surface area contributed by atoms with Crippen LogP contribution in [0.1, 0.15) is 0 Å². The summed E-state index contributed by atoms with van der Waals surface area (Å²) in [4.78, 5) is 7.86. The third-order valence-electron chi connectivity index (χ3n) is 3.54. The van der Waals surface area contributed by atoms with Gasteiger partial charge in [0.15, 0.2) is 0 Å². The van der Waals surface area contributed by atoms with Crippen molar-refractivity contribution in [2.45, 2.75) is 9.79 Å². The minimum absolute atomic E-state index is 0.142. The monoisotopic (exact) mass is 396 g/mol. The van der Waals surface area contributed by atoms with Crippen LogP contribution in [-0.4, -0.2) is 54.3 Å². The van der Waals surface area contributed by atoms with Crippen molar-refractivity contribution in [3.05, 3.63) is 48.3 Å². The standard InChI is InChI=1S/C16H17FN4O3S2/c1-20(2)26(22,23)14-7-8-15-16(11-14)21(19-18-15)24-9-10-25-13-5-3-12(17)4-6-13/h3-8,11H,9-10H2,1-2H3. The zero-order valence-corrected chi connectivity index (χ0v) is 15.8. The molecule has 0 saturated heterocycles. The van der Waals surface area contributed by atoms with Crippen LogP contribution in [0.4, 0.5) is 4.39 Å². The lowest BCUT2D eigenvalue weighted by Gasteiger charge is -2.11. The second-order valence-electron chi connectivity index (χ2n) is 5.54. The van der Waals surface area contributed by atoms with Crippen molar-refractivity contribution in [1.29, 1.82) is 0 Å². The summed E-state index contributed by atoms with van der Waals surface area (Å²) in [5.74, 6) is 0.339. The van der Waals surface area contributed by atoms with Gasteiger partial charge in [0.1, 0.15) is 23.5 Å². The minimum atomic E-state index is -3.55. The number of halogens is 1. The van der Waals surface area contributed by atoms with Crippen LogP contribution in [-0.2, 0) is 10.0 Å². The van der Waals surface area contributed by atoms with Crippen LogP contribution in [0.3, 0.4) is 0 Å². The molecule has 0 atom stereocenters. The highest BCUT2D eigenvalue weighted by molar-refractivity contribution is 7.99. The van der Waals surface area contributed by atoms with Crippen molar-refractivity contribution in [3.8, 4) is 0 Å². The first kappa shape index (κ1) is 18.6. The van der Waals surface area contributed by atoms with Crippen LogP contribution in [0.5, 0.6) is 0 Å². The van der Waals surface area contributed by atoms with Gasteiger partial charge >= 0.3 is 0 Å². The maximum absolute atomic E-state index is 12.9. The summed E-state index contributed by atoms with van der Waals surface area (Å²) in [6, 6.07) is 10.8. The Hall–Kier alpha value is -2.17. The van der Waals surface area contributed by atoms with Crippen LogP contribution in [0.15, 0.2) is 52.3 Å². The van der Waals surface area contributed by atoms with Gasteiger partial charge in [0.2, 0.25) is 10.0 Å². The molecule has 0 radical (unpaired) electrons. The molecule has 138 valence electrons. The second kappa shape index (κ2) is 7.60. The molecular formula is C16H17FN4O3S2. The van der Waals surface area contributed by atoms with E-state index in [1.54, 1.807) is 18.2 Å². The molecule has 2 aromatic carbocycles. The first-order valence-corrected chi connectivity index (χ1v) is 10.1. The number of nitrogens with zero attached hydrogens (tertiary/aromatic N) is 4. The van der Waals surface area contributed by atoms with Gasteiger partial charge in [-0.05, 0) is 47.7 Å². The molecule has 10 heteroatoms. The fraction of sp³-hybridized carbons (Fsp3) is 0.250. The highest BCUT2D eigenvalue weighted by atomic mass is 32.2. The van der Waals surface area contributed by atoms with Crippen LogP contribution in [0.25, 0.3) is 11.0 Å². The van der Waals surface area contributed by atoms with Gasteiger partial charge in [-0.3, -0.25) is 0 Å². The molecule has 0 aliphatic carbocycles. The summed E-state index contributed by atoms with van der Waals surface area (Å²) >= 11 is 1.51. The Morgan fingerprint density at radius 2 is 1.92 bits per heavy atom. The third-order valence-corrected chi connectivity index (χ3v) is 6.33. The Labute approximate surface area is 154 Å². The predicted molar refractivity (Wildman–Crippen MR) is 97.0 cm³/mol. The van der Waals surface area contributed by atoms with Crippen LogP contribution >= 0.6 is 11.8 Å². The number of hydrogen-bond donors (Lipinski definition) is 0. The van der Waals surface area contributed by atoms with E-state index in [-0.39, 0.29) is 10.7 Å². The van der Waals surface area contributed by atoms with E-state index in [1.165, 1.54) is 55.0 Å². The average Bonchev–Trinajstić information content (AvgIpc) is 3.02. The minimum Gasteiger partial charge on any atom is -0.394 e. The van der Waals surface area contributed by atoms with Gasteiger partial charge in [-0.1, -0.05) is 4.85 Å². The Kier molecular flexibility index (Phi) is 5.44. The molecule has 1 aromatic heterocycles. The molecule has 26 heavy (non-hydrogen) atoms. The molecule has 7 nitrogen and oxygen atoms in total. The van der Waals surface area contributed by atoms with Gasteiger partial charge in [0.25, 0.3) is 0 Å². The summed E-state index contributed by atoms with van der Waals surface area (Å²) in [6.45, 7) is 0.325. The maximum atomic E-state index is 12.9. The van der Waals surface area contributed by atoms with Crippen LogP contribution in [0, 0.1) is 5.82 Å². The molecule has 0 fully saturated rings. The number of fused-ring (bicyclic) bond motifs is 1. The van der Waals surface area contributed by atoms with Crippen molar-refractivity contribution in [2.24, 2.45) is 0 Å². The van der Waals surface area contributed by atoms with Gasteiger partial charge < -0.3 is 4.84 Å². The lowest BCUT2D eigenvalue weighted by molar-refractivity contribution is 0.0999. The highest BCUT2D eigenvalue weighted by Crippen LogP contribution is 2.20. The lowest BCUT2D eigenvalue weighted by atomic mass is 10.3. The van der Waals surface area contributed by atoms with E-state index >= 15 is 0 Å². The Bertz CT molecular complexity index is 1000. The SMILES string of the molecule is CN(C)S(=O)(=O)c1ccc2nnn(OCCSc3ccc(F)cc3)c2c1. The molecule has 0 N–H and O–H groups in total. The summed E-state index contributed by atoms with van der Waals surface area (Å²) in [5, 5.41) is 7.86. The molecule has 0 unspecified atom stereocenters. The Balaban J connectivity index is 1.69. The summed E-state index contributed by atoms with van der Waals surface area (Å²) in [6.07, 6.45) is 0. The molecule has 3 aromatic rings. The van der Waals surface area contributed by atoms with Gasteiger partial charge in [-0.15, -0.1) is 16.9 Å². The van der Waals surface area contributed by atoms with Crippen molar-refractivity contribution in [2.75, 3.05) is 26.5 Å². The van der Waals surface area contributed by atoms with Gasteiger partial charge in [0.05, 0.1) is 4.90 Å². The topological polar surface area (TPSA) is 77.3 Å². The number of benzene rings is 2. The van der Waals surface area contributed by atoms with Crippen LogP contribution in [0.2, 0.25) is 0 Å². The molecular weight excluding hydrogens is 379 g/mol. The number of thioether (sulfide) groups is 1. The third kappa shape index (κ3) is 3.97. The number of rotatable bonds is 7. The van der Waals surface area contributed by atoms with Crippen molar-refractivity contribution in [1.82, 2.24) is 19.5 Å². The van der Waals surface area contributed by atoms with E-state index in [2.05, 4.69) is 10.3 Å². The zero-order valence-electron chi connectivity index (χ0n) is 14.2. The molecule has 0 aliphatic rings. The Morgan fingerprint density at radius 3 is 2.62 bits per heavy atom. The first-order valence-electron chi connectivity index (χ1n) is 7.67. The van der Waals surface area contributed by atoms with E-state index in [0.29, 0.717) is 23.4 Å². The molecule has 0 bridgehead atoms. The van der Waals surface area contributed by atoms with E-state index in [0.717, 1.165) is 9.20 Å². The summed E-state index contributed by atoms with van der Waals surface area (Å²) < 4.78 is 38.5. The fourth-order valence-electron chi connectivity index (χ4n) is 2.16. The number of aromatic nitrogens is 3. The predicted octanol–water partition coefficient (Wildman–Crippen LogP) is 2.04. The van der Waals surface area contributed by atoms with E-state index in [9.17, 15) is 12.8 Å². The largest absolute Gasteiger partial charge is 0.394 e. The summed E-state index contributed by atoms with van der Waals surface area (Å²) in [7, 11) is -0.613. The molecule has 3 rings (SSSR count). The van der Waals surface area contributed by atoms with Gasteiger partial charge in [-0.2, -0.15) is 0 Å². The number of hydrogen-bond acceptors (Lipinski definition) is 6. The molecule has 0 saturated carbocycles. The Morgan fingerprint density at radius 1 is 1.19 bits per heavy atom. The van der Waals surface area contributed by atoms with Crippen LogP contribution < -0.4 is 4.84 Å². The van der Waals surface area contributed by atoms with Crippen molar-refractivity contribution in [3.63, 3.8) is 0 Å². The van der Waals surface area contributed by atoms with Crippen molar-refractivity contribution < 1.29 is 17.6 Å². The fourth-order valence-corrected chi connectivity index (χ4v) is 3.80. The smallest absolute Gasteiger partial charge is 0.242 e. The van der Waals surface area contributed by atoms with E-state index in [4.69, 9.17) is 4.84 Å². The second-order valence-corrected chi connectivity index (χ2v) is 8.86. The highest BCUT2D eigenvalue weighted by Gasteiger charge is 2.19. The molecule has 0 spiro atoms. The van der Waals surface area contributed by atoms with Gasteiger partial charge in [0, 0.05) is 24.7 Å². The lowest BCUT2D eigenvalue weighted by Crippen LogP contribution is -2.22. The van der Waals surface area contributed by atoms with Crippen molar-refractivity contribution >= 4 is 32.8 Å². The molecule has 1 heterocycles. The van der Waals surface area contributed by atoms with E-state index < -0.39 is 10.0 Å².